The summed E-state index contributed by atoms with van der Waals surface area (Å²) in [6.07, 6.45) is 1.70. The van der Waals surface area contributed by atoms with Crippen molar-refractivity contribution in [3.8, 4) is 0 Å². The van der Waals surface area contributed by atoms with Crippen LogP contribution < -0.4 is 5.32 Å². The normalized spacial score (nSPS) is 17.4. The van der Waals surface area contributed by atoms with Crippen molar-refractivity contribution >= 4 is 29.0 Å². The minimum atomic E-state index is -0.302. The van der Waals surface area contributed by atoms with E-state index in [0.717, 1.165) is 17.1 Å². The maximum atomic E-state index is 9.97. The Hall–Kier alpha value is -1.91. The molecule has 108 valence electrons. The highest BCUT2D eigenvalue weighted by atomic mass is 35.5. The number of benzene rings is 1. The van der Waals surface area contributed by atoms with Gasteiger partial charge in [0.2, 0.25) is 0 Å². The van der Waals surface area contributed by atoms with E-state index in [2.05, 4.69) is 17.0 Å². The van der Waals surface area contributed by atoms with Gasteiger partial charge >= 0.3 is 0 Å². The number of aromatic nitrogens is 2. The fourth-order valence-corrected chi connectivity index (χ4v) is 2.88. The Morgan fingerprint density at radius 3 is 2.76 bits per heavy atom. The molecule has 2 heterocycles. The number of anilines is 1. The van der Waals surface area contributed by atoms with Crippen LogP contribution in [0.5, 0.6) is 0 Å². The van der Waals surface area contributed by atoms with Gasteiger partial charge in [-0.2, -0.15) is 5.10 Å². The minimum Gasteiger partial charge on any atom is -0.508 e. The molecule has 0 spiro atoms. The molecule has 21 heavy (non-hydrogen) atoms. The molecular weight excluding hydrogens is 309 g/mol. The van der Waals surface area contributed by atoms with E-state index >= 15 is 0 Å². The van der Waals surface area contributed by atoms with E-state index in [9.17, 15) is 5.11 Å². The Balaban J connectivity index is 2.21. The second-order valence-electron chi connectivity index (χ2n) is 4.85. The molecule has 3 rings (SSSR count). The van der Waals surface area contributed by atoms with Crippen LogP contribution in [0.25, 0.3) is 0 Å². The van der Waals surface area contributed by atoms with E-state index in [-0.39, 0.29) is 11.8 Å². The van der Waals surface area contributed by atoms with Crippen molar-refractivity contribution in [3.63, 3.8) is 0 Å². The van der Waals surface area contributed by atoms with Crippen molar-refractivity contribution in [1.29, 1.82) is 0 Å². The van der Waals surface area contributed by atoms with Crippen molar-refractivity contribution < 1.29 is 5.11 Å². The predicted octanol–water partition coefficient (Wildman–Crippen LogP) is 4.55. The molecule has 4 nitrogen and oxygen atoms in total. The lowest BCUT2D eigenvalue weighted by atomic mass is 9.94. The van der Waals surface area contributed by atoms with E-state index in [1.165, 1.54) is 0 Å². The number of fused-ring (bicyclic) bond motifs is 1. The van der Waals surface area contributed by atoms with Crippen LogP contribution in [0.4, 0.5) is 5.82 Å². The second-order valence-corrected chi connectivity index (χ2v) is 5.66. The van der Waals surface area contributed by atoms with E-state index in [0.29, 0.717) is 15.6 Å². The van der Waals surface area contributed by atoms with Crippen molar-refractivity contribution in [2.45, 2.75) is 13.0 Å². The zero-order chi connectivity index (χ0) is 15.1. The Labute approximate surface area is 132 Å². The Bertz CT molecular complexity index is 764. The van der Waals surface area contributed by atoms with Gasteiger partial charge in [-0.25, -0.2) is 4.68 Å². The third kappa shape index (κ3) is 2.30. The van der Waals surface area contributed by atoms with Crippen LogP contribution >= 0.6 is 23.2 Å². The summed E-state index contributed by atoms with van der Waals surface area (Å²) in [6.45, 7) is 5.55. The molecule has 0 amide bonds. The zero-order valence-electron chi connectivity index (χ0n) is 11.3. The number of halogens is 2. The summed E-state index contributed by atoms with van der Waals surface area (Å²) in [5.41, 5.74) is 2.37. The van der Waals surface area contributed by atoms with E-state index in [1.54, 1.807) is 23.0 Å². The van der Waals surface area contributed by atoms with Gasteiger partial charge in [0.25, 0.3) is 0 Å². The van der Waals surface area contributed by atoms with Crippen LogP contribution in [0, 0.1) is 0 Å². The molecule has 0 saturated heterocycles. The molecule has 6 heteroatoms. The van der Waals surface area contributed by atoms with Crippen LogP contribution in [0.2, 0.25) is 10.0 Å². The highest BCUT2D eigenvalue weighted by Gasteiger charge is 2.30. The molecule has 1 unspecified atom stereocenters. The van der Waals surface area contributed by atoms with Gasteiger partial charge in [-0.15, -0.1) is 0 Å². The van der Waals surface area contributed by atoms with Crippen LogP contribution in [0.3, 0.4) is 0 Å². The molecule has 1 aliphatic rings. The summed E-state index contributed by atoms with van der Waals surface area (Å²) in [5.74, 6) is 0.839. The fraction of sp³-hybridized carbons (Fsp3) is 0.133. The topological polar surface area (TPSA) is 50.1 Å². The van der Waals surface area contributed by atoms with Gasteiger partial charge in [0.1, 0.15) is 17.6 Å². The summed E-state index contributed by atoms with van der Waals surface area (Å²) in [6, 6.07) is 6.94. The third-order valence-corrected chi connectivity index (χ3v) is 4.22. The molecule has 1 aromatic carbocycles. The lowest BCUT2D eigenvalue weighted by molar-refractivity contribution is 0.404. The molecule has 1 aliphatic heterocycles. The molecule has 0 aliphatic carbocycles. The van der Waals surface area contributed by atoms with Crippen molar-refractivity contribution in [2.75, 3.05) is 5.32 Å². The average molecular weight is 322 g/mol. The van der Waals surface area contributed by atoms with Crippen molar-refractivity contribution in [2.24, 2.45) is 0 Å². The molecular formula is C15H13Cl2N3O. The first-order valence-corrected chi connectivity index (χ1v) is 7.09. The van der Waals surface area contributed by atoms with E-state index < -0.39 is 0 Å². The summed E-state index contributed by atoms with van der Waals surface area (Å²) >= 11 is 12.1. The molecule has 0 radical (unpaired) electrons. The lowest BCUT2D eigenvalue weighted by Gasteiger charge is -2.30. The maximum Gasteiger partial charge on any atom is 0.129 e. The Morgan fingerprint density at radius 1 is 1.33 bits per heavy atom. The number of aliphatic hydroxyl groups is 1. The van der Waals surface area contributed by atoms with Crippen molar-refractivity contribution in [1.82, 2.24) is 9.78 Å². The molecule has 2 N–H and O–H groups in total. The highest BCUT2D eigenvalue weighted by molar-refractivity contribution is 6.42. The number of nitrogens with zero attached hydrogens (tertiary/aromatic N) is 2. The SMILES string of the molecule is C=C(O)C1=C(C)Nc2ccnn2C1c1ccc(Cl)c(Cl)c1. The van der Waals surface area contributed by atoms with Gasteiger partial charge in [-0.05, 0) is 24.6 Å². The smallest absolute Gasteiger partial charge is 0.129 e. The van der Waals surface area contributed by atoms with E-state index in [1.807, 2.05) is 19.1 Å². The number of nitrogens with one attached hydrogen (secondary N) is 1. The van der Waals surface area contributed by atoms with Crippen molar-refractivity contribution in [3.05, 3.63) is 69.7 Å². The quantitative estimate of drug-likeness (QED) is 0.798. The van der Waals surface area contributed by atoms with Crippen LogP contribution in [-0.2, 0) is 0 Å². The maximum absolute atomic E-state index is 9.97. The van der Waals surface area contributed by atoms with Crippen LogP contribution in [0.1, 0.15) is 18.5 Å². The molecule has 0 fully saturated rings. The van der Waals surface area contributed by atoms with E-state index in [4.69, 9.17) is 23.2 Å². The molecule has 0 bridgehead atoms. The molecule has 2 aromatic rings. The monoisotopic (exact) mass is 321 g/mol. The number of rotatable bonds is 2. The standard InChI is InChI=1S/C15H13Cl2N3O/c1-8-14(9(2)21)15(20-13(19-8)5-6-18-20)10-3-4-11(16)12(17)7-10/h3-7,15,19,21H,2H2,1H3. The van der Waals surface area contributed by atoms with Crippen LogP contribution in [0.15, 0.2) is 54.1 Å². The van der Waals surface area contributed by atoms with Crippen LogP contribution in [-0.4, -0.2) is 14.9 Å². The highest BCUT2D eigenvalue weighted by Crippen LogP contribution is 2.39. The first-order valence-electron chi connectivity index (χ1n) is 6.33. The number of hydrogen-bond donors (Lipinski definition) is 2. The summed E-state index contributed by atoms with van der Waals surface area (Å²) < 4.78 is 1.78. The third-order valence-electron chi connectivity index (χ3n) is 3.48. The first kappa shape index (κ1) is 14.0. The predicted molar refractivity (Wildman–Crippen MR) is 84.9 cm³/mol. The number of hydrogen-bond acceptors (Lipinski definition) is 3. The second kappa shape index (κ2) is 5.13. The average Bonchev–Trinajstić information content (AvgIpc) is 2.87. The molecule has 1 atom stereocenters. The first-order chi connectivity index (χ1) is 9.99. The van der Waals surface area contributed by atoms with Gasteiger partial charge in [0.05, 0.1) is 16.2 Å². The zero-order valence-corrected chi connectivity index (χ0v) is 12.8. The largest absolute Gasteiger partial charge is 0.508 e. The van der Waals surface area contributed by atoms with Gasteiger partial charge in [-0.3, -0.25) is 0 Å². The Morgan fingerprint density at radius 2 is 2.10 bits per heavy atom. The van der Waals surface area contributed by atoms with Gasteiger partial charge in [0, 0.05) is 17.3 Å². The molecule has 1 aromatic heterocycles. The van der Waals surface area contributed by atoms with Gasteiger partial charge < -0.3 is 10.4 Å². The minimum absolute atomic E-state index is 0.00257. The molecule has 0 saturated carbocycles. The lowest BCUT2D eigenvalue weighted by Crippen LogP contribution is -2.25. The number of allylic oxidation sites excluding steroid dienone is 2. The summed E-state index contributed by atoms with van der Waals surface area (Å²) in [7, 11) is 0. The van der Waals surface area contributed by atoms with Gasteiger partial charge in [-0.1, -0.05) is 35.8 Å². The van der Waals surface area contributed by atoms with Gasteiger partial charge in [0.15, 0.2) is 0 Å². The fourth-order valence-electron chi connectivity index (χ4n) is 2.57. The summed E-state index contributed by atoms with van der Waals surface area (Å²) in [4.78, 5) is 0. The number of aliphatic hydroxyl groups excluding tert-OH is 1. The Kier molecular flexibility index (Phi) is 3.43. The summed E-state index contributed by atoms with van der Waals surface area (Å²) in [5, 5.41) is 18.4.